The summed E-state index contributed by atoms with van der Waals surface area (Å²) in [6.45, 7) is 4.49. The first-order valence-electron chi connectivity index (χ1n) is 6.25. The molecule has 1 amide bonds. The first-order valence-corrected chi connectivity index (χ1v) is 6.25. The van der Waals surface area contributed by atoms with E-state index in [1.807, 2.05) is 13.0 Å². The Labute approximate surface area is 114 Å². The van der Waals surface area contributed by atoms with Crippen molar-refractivity contribution >= 4 is 22.8 Å². The van der Waals surface area contributed by atoms with Crippen molar-refractivity contribution in [3.63, 3.8) is 0 Å². The number of anilines is 1. The van der Waals surface area contributed by atoms with E-state index in [-0.39, 0.29) is 5.91 Å². The van der Waals surface area contributed by atoms with Gasteiger partial charge in [-0.05, 0) is 32.0 Å². The quantitative estimate of drug-likeness (QED) is 0.787. The number of benzene rings is 1. The number of nitrogens with one attached hydrogen (secondary N) is 1. The number of amides is 1. The summed E-state index contributed by atoms with van der Waals surface area (Å²) in [5.74, 6) is 0.776. The highest BCUT2D eigenvalue weighted by Gasteiger charge is 2.11. The second-order valence-electron chi connectivity index (χ2n) is 4.39. The molecule has 102 valence electrons. The van der Waals surface area contributed by atoms with E-state index in [0.717, 1.165) is 12.1 Å². The number of rotatable bonds is 3. The highest BCUT2D eigenvalue weighted by atomic mass is 16.5. The van der Waals surface area contributed by atoms with Gasteiger partial charge in [0.25, 0.3) is 5.91 Å². The second-order valence-corrected chi connectivity index (χ2v) is 4.39. The molecular weight excluding hydrogens is 258 g/mol. The minimum Gasteiger partial charge on any atom is -0.360 e. The number of aryl methyl sites for hydroxylation is 2. The summed E-state index contributed by atoms with van der Waals surface area (Å²) >= 11 is 0. The lowest BCUT2D eigenvalue weighted by Crippen LogP contribution is -2.12. The Bertz CT molecular complexity index is 774. The lowest BCUT2D eigenvalue weighted by atomic mass is 10.2. The molecule has 2 aromatic heterocycles. The van der Waals surface area contributed by atoms with Crippen LogP contribution in [0.25, 0.3) is 11.0 Å². The summed E-state index contributed by atoms with van der Waals surface area (Å²) in [6, 6.07) is 6.93. The van der Waals surface area contributed by atoms with E-state index in [9.17, 15) is 4.79 Å². The van der Waals surface area contributed by atoms with Gasteiger partial charge < -0.3 is 9.84 Å². The SMILES string of the molecule is CCn1nnc2cc(C(=O)Nc3cc(C)on3)ccc21. The predicted octanol–water partition coefficient (Wildman–Crippen LogP) is 2.00. The van der Waals surface area contributed by atoms with Crippen LogP contribution in [0.2, 0.25) is 0 Å². The lowest BCUT2D eigenvalue weighted by molar-refractivity contribution is 0.102. The van der Waals surface area contributed by atoms with Gasteiger partial charge in [-0.2, -0.15) is 0 Å². The summed E-state index contributed by atoms with van der Waals surface area (Å²) in [5, 5.41) is 14.4. The Morgan fingerprint density at radius 2 is 2.25 bits per heavy atom. The third-order valence-corrected chi connectivity index (χ3v) is 2.95. The number of fused-ring (bicyclic) bond motifs is 1. The molecule has 0 bridgehead atoms. The first kappa shape index (κ1) is 12.3. The fraction of sp³-hybridized carbons (Fsp3) is 0.231. The van der Waals surface area contributed by atoms with Gasteiger partial charge in [0, 0.05) is 18.2 Å². The van der Waals surface area contributed by atoms with Gasteiger partial charge in [-0.1, -0.05) is 10.4 Å². The van der Waals surface area contributed by atoms with Crippen molar-refractivity contribution in [3.05, 3.63) is 35.6 Å². The second kappa shape index (κ2) is 4.76. The fourth-order valence-electron chi connectivity index (χ4n) is 1.96. The van der Waals surface area contributed by atoms with Crippen LogP contribution in [0.4, 0.5) is 5.82 Å². The highest BCUT2D eigenvalue weighted by Crippen LogP contribution is 2.15. The van der Waals surface area contributed by atoms with Crippen LogP contribution in [0.1, 0.15) is 23.0 Å². The van der Waals surface area contributed by atoms with Crippen LogP contribution in [0, 0.1) is 6.92 Å². The van der Waals surface area contributed by atoms with Crippen LogP contribution in [0.15, 0.2) is 28.8 Å². The molecule has 0 spiro atoms. The van der Waals surface area contributed by atoms with E-state index >= 15 is 0 Å². The molecule has 7 nitrogen and oxygen atoms in total. The number of hydrogen-bond donors (Lipinski definition) is 1. The van der Waals surface area contributed by atoms with Crippen LogP contribution < -0.4 is 5.32 Å². The Hall–Kier alpha value is -2.70. The minimum atomic E-state index is -0.258. The molecule has 2 heterocycles. The zero-order chi connectivity index (χ0) is 14.1. The number of hydrogen-bond acceptors (Lipinski definition) is 5. The molecule has 0 fully saturated rings. The summed E-state index contributed by atoms with van der Waals surface area (Å²) in [4.78, 5) is 12.1. The number of aromatic nitrogens is 4. The van der Waals surface area contributed by atoms with Crippen LogP contribution in [-0.4, -0.2) is 26.1 Å². The zero-order valence-electron chi connectivity index (χ0n) is 11.1. The Morgan fingerprint density at radius 3 is 2.95 bits per heavy atom. The molecule has 7 heteroatoms. The third kappa shape index (κ3) is 2.13. The van der Waals surface area contributed by atoms with Crippen LogP contribution >= 0.6 is 0 Å². The minimum absolute atomic E-state index is 0.258. The van der Waals surface area contributed by atoms with Crippen LogP contribution in [0.3, 0.4) is 0 Å². The monoisotopic (exact) mass is 271 g/mol. The van der Waals surface area contributed by atoms with Crippen molar-refractivity contribution in [2.75, 3.05) is 5.32 Å². The van der Waals surface area contributed by atoms with Crippen LogP contribution in [-0.2, 0) is 6.54 Å². The van der Waals surface area contributed by atoms with E-state index in [2.05, 4.69) is 20.8 Å². The molecule has 0 aliphatic carbocycles. The molecule has 20 heavy (non-hydrogen) atoms. The molecule has 0 aliphatic heterocycles. The average molecular weight is 271 g/mol. The van der Waals surface area contributed by atoms with Gasteiger partial charge in [0.2, 0.25) is 0 Å². The van der Waals surface area contributed by atoms with Crippen molar-refractivity contribution in [2.45, 2.75) is 20.4 Å². The van der Waals surface area contributed by atoms with Gasteiger partial charge in [-0.25, -0.2) is 4.68 Å². The van der Waals surface area contributed by atoms with Gasteiger partial charge in [-0.15, -0.1) is 5.10 Å². The number of carbonyl (C=O) groups is 1. The Morgan fingerprint density at radius 1 is 1.40 bits per heavy atom. The third-order valence-electron chi connectivity index (χ3n) is 2.95. The van der Waals surface area contributed by atoms with Gasteiger partial charge >= 0.3 is 0 Å². The molecule has 3 aromatic rings. The molecule has 0 radical (unpaired) electrons. The fourth-order valence-corrected chi connectivity index (χ4v) is 1.96. The highest BCUT2D eigenvalue weighted by molar-refractivity contribution is 6.05. The normalized spacial score (nSPS) is 10.9. The molecule has 0 atom stereocenters. The van der Waals surface area contributed by atoms with E-state index in [4.69, 9.17) is 4.52 Å². The zero-order valence-corrected chi connectivity index (χ0v) is 11.1. The maximum atomic E-state index is 12.1. The van der Waals surface area contributed by atoms with Gasteiger partial charge in [0.15, 0.2) is 5.82 Å². The summed E-state index contributed by atoms with van der Waals surface area (Å²) in [5.41, 5.74) is 2.10. The maximum absolute atomic E-state index is 12.1. The first-order chi connectivity index (χ1) is 9.67. The molecule has 3 rings (SSSR count). The van der Waals surface area contributed by atoms with Crippen molar-refractivity contribution in [1.82, 2.24) is 20.2 Å². The van der Waals surface area contributed by atoms with Crippen molar-refractivity contribution in [2.24, 2.45) is 0 Å². The Kier molecular flexibility index (Phi) is 2.94. The van der Waals surface area contributed by atoms with E-state index in [1.165, 1.54) is 0 Å². The van der Waals surface area contributed by atoms with Gasteiger partial charge in [0.1, 0.15) is 11.3 Å². The smallest absolute Gasteiger partial charge is 0.256 e. The van der Waals surface area contributed by atoms with Crippen molar-refractivity contribution in [1.29, 1.82) is 0 Å². The standard InChI is InChI=1S/C13H13N5O2/c1-3-18-11-5-4-9(7-10(11)15-17-18)13(19)14-12-6-8(2)20-16-12/h4-7H,3H2,1-2H3,(H,14,16,19). The summed E-state index contributed by atoms with van der Waals surface area (Å²) in [7, 11) is 0. The van der Waals surface area contributed by atoms with Crippen molar-refractivity contribution < 1.29 is 9.32 Å². The molecule has 0 aliphatic rings. The largest absolute Gasteiger partial charge is 0.360 e. The Balaban J connectivity index is 1.88. The topological polar surface area (TPSA) is 85.8 Å². The predicted molar refractivity (Wildman–Crippen MR) is 72.4 cm³/mol. The molecule has 1 N–H and O–H groups in total. The average Bonchev–Trinajstić information content (AvgIpc) is 3.03. The molecule has 0 unspecified atom stereocenters. The van der Waals surface area contributed by atoms with E-state index < -0.39 is 0 Å². The number of carbonyl (C=O) groups excluding carboxylic acids is 1. The summed E-state index contributed by atoms with van der Waals surface area (Å²) in [6.07, 6.45) is 0. The maximum Gasteiger partial charge on any atom is 0.256 e. The molecule has 0 saturated heterocycles. The summed E-state index contributed by atoms with van der Waals surface area (Å²) < 4.78 is 6.67. The number of nitrogens with zero attached hydrogens (tertiary/aromatic N) is 4. The molecule has 1 aromatic carbocycles. The molecule has 0 saturated carbocycles. The van der Waals surface area contributed by atoms with Crippen LogP contribution in [0.5, 0.6) is 0 Å². The van der Waals surface area contributed by atoms with E-state index in [1.54, 1.807) is 29.8 Å². The molecular formula is C13H13N5O2. The van der Waals surface area contributed by atoms with Gasteiger partial charge in [-0.3, -0.25) is 4.79 Å². The van der Waals surface area contributed by atoms with Crippen molar-refractivity contribution in [3.8, 4) is 0 Å². The van der Waals surface area contributed by atoms with Gasteiger partial charge in [0.05, 0.1) is 5.52 Å². The van der Waals surface area contributed by atoms with E-state index in [0.29, 0.717) is 22.7 Å². The lowest BCUT2D eigenvalue weighted by Gasteiger charge is -2.01.